The van der Waals surface area contributed by atoms with Crippen LogP contribution in [0.1, 0.15) is 38.3 Å². The number of thioether (sulfide) groups is 1. The lowest BCUT2D eigenvalue weighted by molar-refractivity contribution is -0.273. The molecule has 39 heavy (non-hydrogen) atoms. The summed E-state index contributed by atoms with van der Waals surface area (Å²) in [4.78, 5) is 42.7. The van der Waals surface area contributed by atoms with Crippen LogP contribution >= 0.6 is 11.8 Å². The molecule has 1 aliphatic rings. The minimum absolute atomic E-state index is 0.0494. The van der Waals surface area contributed by atoms with E-state index in [1.807, 2.05) is 84.9 Å². The van der Waals surface area contributed by atoms with Crippen molar-refractivity contribution in [2.45, 2.75) is 62.1 Å². The van der Waals surface area contributed by atoms with Crippen molar-refractivity contribution in [1.29, 1.82) is 0 Å². The lowest BCUT2D eigenvalue weighted by Gasteiger charge is -2.44. The van der Waals surface area contributed by atoms with Crippen LogP contribution in [0.2, 0.25) is 0 Å². The summed E-state index contributed by atoms with van der Waals surface area (Å²) < 4.78 is 5.87. The molecule has 0 N–H and O–H groups in total. The van der Waals surface area contributed by atoms with E-state index in [-0.39, 0.29) is 25.2 Å². The number of carbonyl (C=O) groups is 3. The van der Waals surface area contributed by atoms with Crippen molar-refractivity contribution in [2.75, 3.05) is 6.54 Å². The number of ether oxygens (including phenoxy) is 1. The van der Waals surface area contributed by atoms with Gasteiger partial charge in [-0.1, -0.05) is 72.4 Å². The zero-order chi connectivity index (χ0) is 28.0. The van der Waals surface area contributed by atoms with Gasteiger partial charge < -0.3 is 24.4 Å². The normalized spacial score (nSPS) is 16.1. The molecule has 1 aliphatic heterocycles. The smallest absolute Gasteiger partial charge is 0.246 e. The van der Waals surface area contributed by atoms with E-state index in [1.165, 1.54) is 16.7 Å². The van der Waals surface area contributed by atoms with Crippen molar-refractivity contribution in [3.8, 4) is 5.75 Å². The molecule has 1 saturated heterocycles. The number of amides is 2. The SMILES string of the molecule is CC(C)(C)N(C(=O)[O-])[C@@H](Cc1ccc(OCc2ccccc2)cc1)C(=O)N1CCC(=O)[C@H]1Sc1ccccc1. The number of ketones is 1. The van der Waals surface area contributed by atoms with Gasteiger partial charge in [-0.25, -0.2) is 0 Å². The van der Waals surface area contributed by atoms with E-state index in [1.54, 1.807) is 20.8 Å². The molecule has 0 aliphatic carbocycles. The Balaban J connectivity index is 1.56. The van der Waals surface area contributed by atoms with Gasteiger partial charge in [-0.2, -0.15) is 0 Å². The molecule has 1 heterocycles. The third-order valence-electron chi connectivity index (χ3n) is 6.55. The molecule has 3 aromatic carbocycles. The number of likely N-dealkylation sites (tertiary alicyclic amines) is 1. The molecule has 204 valence electrons. The summed E-state index contributed by atoms with van der Waals surface area (Å²) in [6, 6.07) is 25.5. The van der Waals surface area contributed by atoms with Gasteiger partial charge in [0.05, 0.1) is 0 Å². The maximum Gasteiger partial charge on any atom is 0.246 e. The topological polar surface area (TPSA) is 90.0 Å². The number of hydrogen-bond donors (Lipinski definition) is 0. The number of hydrogen-bond acceptors (Lipinski definition) is 6. The molecule has 0 radical (unpaired) electrons. The van der Waals surface area contributed by atoms with Gasteiger partial charge in [0.1, 0.15) is 29.9 Å². The Morgan fingerprint density at radius 1 is 0.974 bits per heavy atom. The van der Waals surface area contributed by atoms with Gasteiger partial charge >= 0.3 is 0 Å². The van der Waals surface area contributed by atoms with Crippen molar-refractivity contribution >= 4 is 29.5 Å². The molecule has 2 amide bonds. The third kappa shape index (κ3) is 7.20. The second-order valence-corrected chi connectivity index (χ2v) is 11.6. The Bertz CT molecular complexity index is 1280. The molecule has 0 unspecified atom stereocenters. The van der Waals surface area contributed by atoms with Gasteiger partial charge in [-0.05, 0) is 56.2 Å². The Kier molecular flexibility index (Phi) is 8.97. The van der Waals surface area contributed by atoms with Gasteiger partial charge in [0, 0.05) is 29.8 Å². The first-order valence-corrected chi connectivity index (χ1v) is 13.8. The molecular formula is C31H33N2O5S-. The molecule has 4 rings (SSSR count). The number of benzene rings is 3. The Hall–Kier alpha value is -3.78. The molecule has 7 nitrogen and oxygen atoms in total. The third-order valence-corrected chi connectivity index (χ3v) is 7.83. The van der Waals surface area contributed by atoms with Crippen LogP contribution in [0.15, 0.2) is 89.8 Å². The van der Waals surface area contributed by atoms with Gasteiger partial charge in [0.15, 0.2) is 5.78 Å². The standard InChI is InChI=1S/C31H34N2O5S/c1-31(2,3)33(30(36)37)26(20-22-14-16-24(17-15-22)38-21-23-10-6-4-7-11-23)28(35)32-19-18-27(34)29(32)39-25-12-8-5-9-13-25/h4-17,26,29H,18-21H2,1-3H3,(H,36,37)/p-1/t26-,29+/m0/s1. The number of rotatable bonds is 9. The fourth-order valence-corrected chi connectivity index (χ4v) is 5.82. The Labute approximate surface area is 233 Å². The number of carbonyl (C=O) groups excluding carboxylic acids is 3. The molecular weight excluding hydrogens is 512 g/mol. The molecule has 0 bridgehead atoms. The zero-order valence-electron chi connectivity index (χ0n) is 22.4. The second kappa shape index (κ2) is 12.4. The van der Waals surface area contributed by atoms with E-state index >= 15 is 0 Å². The number of nitrogens with zero attached hydrogens (tertiary/aromatic N) is 2. The van der Waals surface area contributed by atoms with Crippen LogP contribution in [0.4, 0.5) is 4.79 Å². The predicted octanol–water partition coefficient (Wildman–Crippen LogP) is 4.54. The fraction of sp³-hybridized carbons (Fsp3) is 0.323. The van der Waals surface area contributed by atoms with Crippen LogP contribution in [-0.4, -0.2) is 51.1 Å². The summed E-state index contributed by atoms with van der Waals surface area (Å²) in [6.07, 6.45) is -1.06. The number of Topliss-reactive ketones (excluding diaryl/α,β-unsaturated/α-hetero) is 1. The molecule has 1 fully saturated rings. The minimum atomic E-state index is -1.43. The summed E-state index contributed by atoms with van der Waals surface area (Å²) in [5.74, 6) is 0.215. The van der Waals surface area contributed by atoms with Crippen molar-refractivity contribution in [3.63, 3.8) is 0 Å². The van der Waals surface area contributed by atoms with Crippen molar-refractivity contribution in [2.24, 2.45) is 0 Å². The van der Waals surface area contributed by atoms with Gasteiger partial charge in [-0.3, -0.25) is 9.59 Å². The quantitative estimate of drug-likeness (QED) is 0.392. The van der Waals surface area contributed by atoms with Crippen LogP contribution in [0.25, 0.3) is 0 Å². The van der Waals surface area contributed by atoms with E-state index < -0.39 is 29.0 Å². The van der Waals surface area contributed by atoms with Crippen LogP contribution < -0.4 is 9.84 Å². The first kappa shape index (κ1) is 28.2. The van der Waals surface area contributed by atoms with Gasteiger partial charge in [0.25, 0.3) is 0 Å². The monoisotopic (exact) mass is 545 g/mol. The molecule has 8 heteroatoms. The predicted molar refractivity (Wildman–Crippen MR) is 149 cm³/mol. The average molecular weight is 546 g/mol. The highest BCUT2D eigenvalue weighted by molar-refractivity contribution is 8.00. The molecule has 0 aromatic heterocycles. The fourth-order valence-electron chi connectivity index (χ4n) is 4.66. The van der Waals surface area contributed by atoms with Crippen LogP contribution in [0.3, 0.4) is 0 Å². The summed E-state index contributed by atoms with van der Waals surface area (Å²) in [7, 11) is 0. The van der Waals surface area contributed by atoms with E-state index in [4.69, 9.17) is 4.74 Å². The van der Waals surface area contributed by atoms with E-state index in [0.717, 1.165) is 20.9 Å². The molecule has 0 saturated carbocycles. The average Bonchev–Trinajstić information content (AvgIpc) is 3.27. The molecule has 2 atom stereocenters. The first-order valence-electron chi connectivity index (χ1n) is 12.9. The van der Waals surface area contributed by atoms with Gasteiger partial charge in [-0.15, -0.1) is 0 Å². The Morgan fingerprint density at radius 3 is 2.18 bits per heavy atom. The maximum atomic E-state index is 14.0. The van der Waals surface area contributed by atoms with Crippen molar-refractivity contribution in [3.05, 3.63) is 96.1 Å². The highest BCUT2D eigenvalue weighted by atomic mass is 32.2. The lowest BCUT2D eigenvalue weighted by atomic mass is 9.97. The van der Waals surface area contributed by atoms with Crippen LogP contribution in [0.5, 0.6) is 5.75 Å². The Morgan fingerprint density at radius 2 is 1.59 bits per heavy atom. The highest BCUT2D eigenvalue weighted by Gasteiger charge is 2.43. The van der Waals surface area contributed by atoms with Gasteiger partial charge in [0.2, 0.25) is 5.91 Å². The second-order valence-electron chi connectivity index (χ2n) is 10.5. The maximum absolute atomic E-state index is 14.0. The summed E-state index contributed by atoms with van der Waals surface area (Å²) >= 11 is 1.31. The highest BCUT2D eigenvalue weighted by Crippen LogP contribution is 2.33. The van der Waals surface area contributed by atoms with Crippen molar-refractivity contribution in [1.82, 2.24) is 9.80 Å². The summed E-state index contributed by atoms with van der Waals surface area (Å²) in [6.45, 7) is 5.86. The zero-order valence-corrected chi connectivity index (χ0v) is 23.2. The summed E-state index contributed by atoms with van der Waals surface area (Å²) in [5.41, 5.74) is 0.919. The van der Waals surface area contributed by atoms with Crippen LogP contribution in [-0.2, 0) is 22.6 Å². The summed E-state index contributed by atoms with van der Waals surface area (Å²) in [5, 5.41) is 11.7. The van der Waals surface area contributed by atoms with E-state index in [0.29, 0.717) is 12.4 Å². The van der Waals surface area contributed by atoms with Crippen LogP contribution in [0, 0.1) is 0 Å². The lowest BCUT2D eigenvalue weighted by Crippen LogP contribution is -2.62. The molecule has 3 aromatic rings. The number of carboxylic acid groups (broad SMARTS) is 1. The first-order chi connectivity index (χ1) is 18.6. The van der Waals surface area contributed by atoms with E-state index in [9.17, 15) is 19.5 Å². The van der Waals surface area contributed by atoms with Crippen molar-refractivity contribution < 1.29 is 24.2 Å². The van der Waals surface area contributed by atoms with E-state index in [2.05, 4.69) is 0 Å². The molecule has 0 spiro atoms. The minimum Gasteiger partial charge on any atom is -0.530 e. The largest absolute Gasteiger partial charge is 0.530 e.